The van der Waals surface area contributed by atoms with E-state index in [2.05, 4.69) is 48.3 Å². The summed E-state index contributed by atoms with van der Waals surface area (Å²) in [6.07, 6.45) is 3.56. The van der Waals surface area contributed by atoms with Gasteiger partial charge in [-0.15, -0.1) is 0 Å². The van der Waals surface area contributed by atoms with Crippen molar-refractivity contribution in [1.29, 1.82) is 0 Å². The average molecular weight is 288 g/mol. The van der Waals surface area contributed by atoms with Crippen molar-refractivity contribution in [2.24, 2.45) is 0 Å². The zero-order valence-corrected chi connectivity index (χ0v) is 13.6. The van der Waals surface area contributed by atoms with Crippen LogP contribution >= 0.6 is 0 Å². The second-order valence-corrected chi connectivity index (χ2v) is 6.73. The lowest BCUT2D eigenvalue weighted by molar-refractivity contribution is -0.0637. The molecule has 1 aromatic rings. The van der Waals surface area contributed by atoms with Gasteiger partial charge in [0.15, 0.2) is 0 Å². The number of hydrogen-bond acceptors (Lipinski definition) is 3. The first kappa shape index (κ1) is 15.0. The highest BCUT2D eigenvalue weighted by atomic mass is 16.5. The summed E-state index contributed by atoms with van der Waals surface area (Å²) in [6, 6.07) is 9.95. The van der Waals surface area contributed by atoms with Gasteiger partial charge in [-0.3, -0.25) is 4.90 Å². The molecule has 1 aliphatic carbocycles. The van der Waals surface area contributed by atoms with Gasteiger partial charge in [-0.2, -0.15) is 0 Å². The lowest BCUT2D eigenvalue weighted by Crippen LogP contribution is -2.53. The zero-order valence-electron chi connectivity index (χ0n) is 13.6. The van der Waals surface area contributed by atoms with Crippen molar-refractivity contribution in [3.63, 3.8) is 0 Å². The third-order valence-electron chi connectivity index (χ3n) is 5.28. The van der Waals surface area contributed by atoms with E-state index >= 15 is 0 Å². The topological polar surface area (TPSA) is 24.5 Å². The molecule has 3 nitrogen and oxygen atoms in total. The van der Waals surface area contributed by atoms with E-state index in [0.717, 1.165) is 19.5 Å². The van der Waals surface area contributed by atoms with Crippen LogP contribution in [-0.4, -0.2) is 43.3 Å². The number of fused-ring (bicyclic) bond motifs is 1. The Balaban J connectivity index is 1.82. The van der Waals surface area contributed by atoms with Gasteiger partial charge in [0.05, 0.1) is 5.60 Å². The van der Waals surface area contributed by atoms with E-state index < -0.39 is 0 Å². The fourth-order valence-corrected chi connectivity index (χ4v) is 4.07. The summed E-state index contributed by atoms with van der Waals surface area (Å²) < 4.78 is 5.78. The van der Waals surface area contributed by atoms with Crippen LogP contribution in [0, 0.1) is 0 Å². The number of hydrogen-bond donors (Lipinski definition) is 1. The molecule has 1 aromatic carbocycles. The molecule has 3 rings (SSSR count). The van der Waals surface area contributed by atoms with Crippen LogP contribution in [0.4, 0.5) is 0 Å². The molecule has 3 atom stereocenters. The number of piperidine rings is 1. The van der Waals surface area contributed by atoms with E-state index in [1.165, 1.54) is 30.5 Å². The molecule has 1 heterocycles. The van der Waals surface area contributed by atoms with Crippen LogP contribution in [0.5, 0.6) is 0 Å². The maximum absolute atomic E-state index is 5.78. The number of methoxy groups -OCH3 is 1. The first-order chi connectivity index (χ1) is 10.2. The van der Waals surface area contributed by atoms with E-state index in [-0.39, 0.29) is 5.60 Å². The molecule has 0 aromatic heterocycles. The van der Waals surface area contributed by atoms with Crippen LogP contribution in [0.3, 0.4) is 0 Å². The Bertz CT molecular complexity index is 490. The smallest absolute Gasteiger partial charge is 0.0777 e. The lowest BCUT2D eigenvalue weighted by atomic mass is 9.92. The quantitative estimate of drug-likeness (QED) is 0.922. The van der Waals surface area contributed by atoms with Gasteiger partial charge in [0.1, 0.15) is 0 Å². The standard InChI is InChI=1S/C18H28N2O/c1-4-19-17-15-9-6-5-8-14(15)12-16(17)20-11-7-10-18(2,13-20)21-3/h5-6,8-9,16-17,19H,4,7,10-13H2,1-3H3. The van der Waals surface area contributed by atoms with Crippen molar-refractivity contribution in [2.45, 2.75) is 50.8 Å². The second-order valence-electron chi connectivity index (χ2n) is 6.73. The largest absolute Gasteiger partial charge is 0.377 e. The first-order valence-corrected chi connectivity index (χ1v) is 8.27. The molecule has 2 aliphatic rings. The summed E-state index contributed by atoms with van der Waals surface area (Å²) in [5.41, 5.74) is 3.02. The average Bonchev–Trinajstić information content (AvgIpc) is 2.87. The van der Waals surface area contributed by atoms with E-state index in [9.17, 15) is 0 Å². The molecule has 0 bridgehead atoms. The normalized spacial score (nSPS) is 33.1. The number of benzene rings is 1. The Kier molecular flexibility index (Phi) is 4.34. The summed E-state index contributed by atoms with van der Waals surface area (Å²) in [6.45, 7) is 7.71. The van der Waals surface area contributed by atoms with Crippen molar-refractivity contribution >= 4 is 0 Å². The number of likely N-dealkylation sites (tertiary alicyclic amines) is 1. The Morgan fingerprint density at radius 2 is 2.19 bits per heavy atom. The summed E-state index contributed by atoms with van der Waals surface area (Å²) in [5, 5.41) is 3.71. The molecule has 1 N–H and O–H groups in total. The molecule has 3 heteroatoms. The highest BCUT2D eigenvalue weighted by Gasteiger charge is 2.40. The molecular formula is C18H28N2O. The maximum atomic E-state index is 5.78. The van der Waals surface area contributed by atoms with E-state index in [4.69, 9.17) is 4.74 Å². The predicted molar refractivity (Wildman–Crippen MR) is 86.6 cm³/mol. The van der Waals surface area contributed by atoms with Gasteiger partial charge in [0.2, 0.25) is 0 Å². The van der Waals surface area contributed by atoms with E-state index in [1.54, 1.807) is 0 Å². The van der Waals surface area contributed by atoms with Gasteiger partial charge in [0, 0.05) is 25.7 Å². The molecule has 0 radical (unpaired) electrons. The SMILES string of the molecule is CCNC1c2ccccc2CC1N1CCCC(C)(OC)C1. The second kappa shape index (κ2) is 6.07. The van der Waals surface area contributed by atoms with E-state index in [0.29, 0.717) is 12.1 Å². The fourth-order valence-electron chi connectivity index (χ4n) is 4.07. The highest BCUT2D eigenvalue weighted by Crippen LogP contribution is 2.37. The number of likely N-dealkylation sites (N-methyl/N-ethyl adjacent to an activating group) is 1. The fraction of sp³-hybridized carbons (Fsp3) is 0.667. The molecule has 116 valence electrons. The van der Waals surface area contributed by atoms with Gasteiger partial charge >= 0.3 is 0 Å². The van der Waals surface area contributed by atoms with Crippen molar-refractivity contribution < 1.29 is 4.74 Å². The molecule has 1 aliphatic heterocycles. The lowest BCUT2D eigenvalue weighted by Gasteiger charge is -2.44. The Hall–Kier alpha value is -0.900. The van der Waals surface area contributed by atoms with Gasteiger partial charge in [-0.25, -0.2) is 0 Å². The summed E-state index contributed by atoms with van der Waals surface area (Å²) in [7, 11) is 1.86. The minimum Gasteiger partial charge on any atom is -0.377 e. The summed E-state index contributed by atoms with van der Waals surface area (Å²) >= 11 is 0. The Morgan fingerprint density at radius 3 is 2.95 bits per heavy atom. The van der Waals surface area contributed by atoms with Crippen LogP contribution in [0.25, 0.3) is 0 Å². The molecule has 3 unspecified atom stereocenters. The van der Waals surface area contributed by atoms with Crippen LogP contribution in [0.15, 0.2) is 24.3 Å². The predicted octanol–water partition coefficient (Wildman–Crippen LogP) is 2.76. The monoisotopic (exact) mass is 288 g/mol. The van der Waals surface area contributed by atoms with Gasteiger partial charge < -0.3 is 10.1 Å². The molecule has 1 fully saturated rings. The molecule has 0 amide bonds. The molecule has 0 spiro atoms. The van der Waals surface area contributed by atoms with Crippen LogP contribution in [0.2, 0.25) is 0 Å². The van der Waals surface area contributed by atoms with Gasteiger partial charge in [0.25, 0.3) is 0 Å². The number of nitrogens with zero attached hydrogens (tertiary/aromatic N) is 1. The van der Waals surface area contributed by atoms with Crippen LogP contribution < -0.4 is 5.32 Å². The van der Waals surface area contributed by atoms with Gasteiger partial charge in [-0.05, 0) is 50.4 Å². The third-order valence-corrected chi connectivity index (χ3v) is 5.28. The Labute approximate surface area is 128 Å². The molecule has 0 saturated carbocycles. The Morgan fingerprint density at radius 1 is 1.38 bits per heavy atom. The van der Waals surface area contributed by atoms with Gasteiger partial charge in [-0.1, -0.05) is 31.2 Å². The van der Waals surface area contributed by atoms with Crippen molar-refractivity contribution in [2.75, 3.05) is 26.7 Å². The summed E-state index contributed by atoms with van der Waals surface area (Å²) in [5.74, 6) is 0. The van der Waals surface area contributed by atoms with E-state index in [1.807, 2.05) is 7.11 Å². The zero-order chi connectivity index (χ0) is 14.9. The number of ether oxygens (including phenoxy) is 1. The third kappa shape index (κ3) is 2.87. The minimum atomic E-state index is 0.0176. The number of nitrogens with one attached hydrogen (secondary N) is 1. The maximum Gasteiger partial charge on any atom is 0.0777 e. The van der Waals surface area contributed by atoms with Crippen LogP contribution in [-0.2, 0) is 11.2 Å². The molecule has 1 saturated heterocycles. The van der Waals surface area contributed by atoms with Crippen molar-refractivity contribution in [3.8, 4) is 0 Å². The minimum absolute atomic E-state index is 0.0176. The highest BCUT2D eigenvalue weighted by molar-refractivity contribution is 5.37. The van der Waals surface area contributed by atoms with Crippen molar-refractivity contribution in [1.82, 2.24) is 10.2 Å². The molecular weight excluding hydrogens is 260 g/mol. The van der Waals surface area contributed by atoms with Crippen molar-refractivity contribution in [3.05, 3.63) is 35.4 Å². The first-order valence-electron chi connectivity index (χ1n) is 8.27. The molecule has 21 heavy (non-hydrogen) atoms. The summed E-state index contributed by atoms with van der Waals surface area (Å²) in [4.78, 5) is 2.65. The van der Waals surface area contributed by atoms with Crippen LogP contribution in [0.1, 0.15) is 43.9 Å². The number of rotatable bonds is 4.